The number of unbranched alkanes of at least 4 members (excludes halogenated alkanes) is 3. The molecule has 16 heteroatoms. The van der Waals surface area contributed by atoms with Crippen molar-refractivity contribution >= 4 is 34.8 Å². The van der Waals surface area contributed by atoms with Gasteiger partial charge in [0.05, 0.1) is 19.3 Å². The van der Waals surface area contributed by atoms with E-state index in [2.05, 4.69) is 16.8 Å². The molecule has 0 aliphatic carbocycles. The van der Waals surface area contributed by atoms with Gasteiger partial charge in [-0.2, -0.15) is 32.8 Å². The van der Waals surface area contributed by atoms with Gasteiger partial charge < -0.3 is 44.5 Å². The minimum atomic E-state index is -5.10. The van der Waals surface area contributed by atoms with Crippen LogP contribution in [0.1, 0.15) is 39.0 Å². The quantitative estimate of drug-likeness (QED) is 0.0656. The van der Waals surface area contributed by atoms with E-state index in [4.69, 9.17) is 23.5 Å². The first-order valence-corrected chi connectivity index (χ1v) is 15.4. The van der Waals surface area contributed by atoms with Crippen LogP contribution in [0, 0.1) is 0 Å². The van der Waals surface area contributed by atoms with E-state index in [0.29, 0.717) is 6.42 Å². The lowest BCUT2D eigenvalue weighted by atomic mass is 9.97. The molecule has 2 rings (SSSR count). The number of thiol groups is 1. The van der Waals surface area contributed by atoms with E-state index in [0.717, 1.165) is 30.1 Å². The summed E-state index contributed by atoms with van der Waals surface area (Å²) >= 11 is 6.00. The summed E-state index contributed by atoms with van der Waals surface area (Å²) in [6.45, 7) is 0.985. The molecule has 0 saturated carbocycles. The van der Waals surface area contributed by atoms with Crippen LogP contribution in [0.4, 0.5) is 0 Å². The molecular formula is C21H40O13S3. The summed E-state index contributed by atoms with van der Waals surface area (Å²) in [6.07, 6.45) is -10.0. The van der Waals surface area contributed by atoms with Crippen LogP contribution in [0.15, 0.2) is 0 Å². The zero-order chi connectivity index (χ0) is 27.6. The summed E-state index contributed by atoms with van der Waals surface area (Å²) in [4.78, 5) is 0. The molecule has 220 valence electrons. The van der Waals surface area contributed by atoms with Gasteiger partial charge in [-0.3, -0.25) is 4.55 Å². The summed E-state index contributed by atoms with van der Waals surface area (Å²) in [7, 11) is -5.10. The second-order valence-corrected chi connectivity index (χ2v) is 11.7. The first-order chi connectivity index (χ1) is 17.5. The van der Waals surface area contributed by atoms with Crippen LogP contribution in [0.2, 0.25) is 0 Å². The normalized spacial score (nSPS) is 37.1. The van der Waals surface area contributed by atoms with Crippen molar-refractivity contribution in [1.29, 1.82) is 0 Å². The Hall–Kier alpha value is 0.210. The molecule has 0 aromatic rings. The van der Waals surface area contributed by atoms with E-state index >= 15 is 0 Å². The average molecular weight is 597 g/mol. The molecule has 13 nitrogen and oxygen atoms in total. The molecule has 37 heavy (non-hydrogen) atoms. The maximum atomic E-state index is 11.2. The van der Waals surface area contributed by atoms with Gasteiger partial charge in [0.15, 0.2) is 12.6 Å². The van der Waals surface area contributed by atoms with Crippen LogP contribution in [-0.2, 0) is 33.5 Å². The van der Waals surface area contributed by atoms with Crippen molar-refractivity contribution in [2.24, 2.45) is 0 Å². The Morgan fingerprint density at radius 3 is 2.16 bits per heavy atom. The summed E-state index contributed by atoms with van der Waals surface area (Å²) in [6, 6.07) is 0. The lowest BCUT2D eigenvalue weighted by molar-refractivity contribution is -0.355. The number of ether oxygens (including phenoxy) is 4. The fourth-order valence-corrected chi connectivity index (χ4v) is 5.67. The molecule has 2 heterocycles. The highest BCUT2D eigenvalue weighted by Crippen LogP contribution is 2.31. The summed E-state index contributed by atoms with van der Waals surface area (Å²) in [5, 5.41) is 51.4. The van der Waals surface area contributed by atoms with E-state index in [1.54, 1.807) is 11.8 Å². The molecule has 0 radical (unpaired) electrons. The van der Waals surface area contributed by atoms with Gasteiger partial charge in [0, 0.05) is 0 Å². The van der Waals surface area contributed by atoms with Gasteiger partial charge in [-0.25, -0.2) is 4.18 Å². The number of thioether (sulfide) groups is 1. The van der Waals surface area contributed by atoms with Gasteiger partial charge in [-0.05, 0) is 43.4 Å². The number of hydrogen-bond acceptors (Lipinski definition) is 14. The Balaban J connectivity index is 1.90. The highest BCUT2D eigenvalue weighted by atomic mass is 32.3. The van der Waals surface area contributed by atoms with Crippen LogP contribution in [0.3, 0.4) is 0 Å². The van der Waals surface area contributed by atoms with Crippen molar-refractivity contribution in [2.45, 2.75) is 100 Å². The molecule has 2 aliphatic heterocycles. The molecule has 0 unspecified atom stereocenters. The number of aliphatic hydroxyl groups excluding tert-OH is 5. The maximum Gasteiger partial charge on any atom is 0.397 e. The number of rotatable bonds is 16. The number of hydrogen-bond donors (Lipinski definition) is 7. The van der Waals surface area contributed by atoms with E-state index in [1.165, 1.54) is 19.8 Å². The largest absolute Gasteiger partial charge is 0.397 e. The molecule has 0 amide bonds. The van der Waals surface area contributed by atoms with Crippen LogP contribution in [-0.4, -0.2) is 130 Å². The van der Waals surface area contributed by atoms with E-state index in [-0.39, 0.29) is 6.61 Å². The van der Waals surface area contributed by atoms with Crippen LogP contribution in [0.25, 0.3) is 0 Å². The van der Waals surface area contributed by atoms with Crippen molar-refractivity contribution in [3.05, 3.63) is 0 Å². The van der Waals surface area contributed by atoms with Gasteiger partial charge in [0.2, 0.25) is 0 Å². The predicted molar refractivity (Wildman–Crippen MR) is 136 cm³/mol. The van der Waals surface area contributed by atoms with Crippen LogP contribution in [0.5, 0.6) is 0 Å². The molecule has 6 N–H and O–H groups in total. The average Bonchev–Trinajstić information content (AvgIpc) is 2.84. The van der Waals surface area contributed by atoms with Crippen LogP contribution >= 0.6 is 24.4 Å². The van der Waals surface area contributed by atoms with Crippen LogP contribution < -0.4 is 0 Å². The van der Waals surface area contributed by atoms with E-state index in [9.17, 15) is 34.0 Å². The molecule has 2 saturated heterocycles. The third-order valence-corrected chi connectivity index (χ3v) is 7.98. The first kappa shape index (κ1) is 33.4. The molecular weight excluding hydrogens is 556 g/mol. The van der Waals surface area contributed by atoms with E-state index in [1.807, 2.05) is 0 Å². The van der Waals surface area contributed by atoms with Crippen molar-refractivity contribution in [1.82, 2.24) is 0 Å². The topological polar surface area (TPSA) is 202 Å². The molecule has 0 aromatic heterocycles. The van der Waals surface area contributed by atoms with Crippen molar-refractivity contribution in [3.8, 4) is 0 Å². The fraction of sp³-hybridized carbons (Fsp3) is 1.00. The minimum Gasteiger partial charge on any atom is -0.394 e. The van der Waals surface area contributed by atoms with Crippen molar-refractivity contribution in [3.63, 3.8) is 0 Å². The van der Waals surface area contributed by atoms with Gasteiger partial charge in [-0.1, -0.05) is 12.8 Å². The molecule has 0 bridgehead atoms. The smallest absolute Gasteiger partial charge is 0.394 e. The lowest BCUT2D eigenvalue weighted by Crippen LogP contribution is -2.64. The highest BCUT2D eigenvalue weighted by molar-refractivity contribution is 7.99. The van der Waals surface area contributed by atoms with E-state index < -0.39 is 78.4 Å². The highest BCUT2D eigenvalue weighted by Gasteiger charge is 2.51. The molecule has 0 aromatic carbocycles. The second kappa shape index (κ2) is 16.5. The second-order valence-electron chi connectivity index (χ2n) is 8.96. The summed E-state index contributed by atoms with van der Waals surface area (Å²) < 4.78 is 57.7. The monoisotopic (exact) mass is 596 g/mol. The Bertz CT molecular complexity index is 745. The summed E-state index contributed by atoms with van der Waals surface area (Å²) in [5.41, 5.74) is 0. The Kier molecular flexibility index (Phi) is 14.9. The Labute approximate surface area is 227 Å². The van der Waals surface area contributed by atoms with Gasteiger partial charge in [0.25, 0.3) is 0 Å². The Morgan fingerprint density at radius 2 is 1.51 bits per heavy atom. The third kappa shape index (κ3) is 10.6. The SMILES string of the molecule is C[C@@H]1O[C@@H](OCCCSCCCCCCS)[C@@H](O)[C@H](O[C@@H]2O[C@H](CO)[C@@H](O)[C@H](OS(=O)(=O)O)[C@H]2O)[C@@H]1O. The van der Waals surface area contributed by atoms with Gasteiger partial charge in [-0.15, -0.1) is 0 Å². The summed E-state index contributed by atoms with van der Waals surface area (Å²) in [5.74, 6) is 2.81. The Morgan fingerprint density at radius 1 is 0.865 bits per heavy atom. The first-order valence-electron chi connectivity index (χ1n) is 12.3. The number of aliphatic hydroxyl groups is 5. The van der Waals surface area contributed by atoms with Crippen molar-refractivity contribution < 1.29 is 61.6 Å². The lowest BCUT2D eigenvalue weighted by Gasteiger charge is -2.46. The fourth-order valence-electron chi connectivity index (χ4n) is 4.00. The zero-order valence-electron chi connectivity index (χ0n) is 20.6. The predicted octanol–water partition coefficient (Wildman–Crippen LogP) is -0.905. The van der Waals surface area contributed by atoms with Gasteiger partial charge in [0.1, 0.15) is 42.7 Å². The molecule has 2 aliphatic rings. The standard InChI is InChI=1S/C21H40O13S3/c1-12-14(23)18(16(25)20(31-12)30-7-6-10-36-9-5-3-2-4-8-35)33-21-17(26)19(34-37(27,28)29)15(24)13(11-22)32-21/h12-26,35H,2-11H2,1H3,(H,27,28,29)/t12-,13+,14+,15+,16-,17+,18+,19-,20+,21-/m0/s1. The van der Waals surface area contributed by atoms with Gasteiger partial charge >= 0.3 is 10.4 Å². The molecule has 10 atom stereocenters. The molecule has 0 spiro atoms. The maximum absolute atomic E-state index is 11.2. The zero-order valence-corrected chi connectivity index (χ0v) is 23.2. The third-order valence-electron chi connectivity index (χ3n) is 6.04. The molecule has 2 fully saturated rings. The van der Waals surface area contributed by atoms with Crippen molar-refractivity contribution in [2.75, 3.05) is 30.5 Å². The minimum absolute atomic E-state index is 0.273.